The summed E-state index contributed by atoms with van der Waals surface area (Å²) in [6.45, 7) is 5.43. The number of benzene rings is 1. The lowest BCUT2D eigenvalue weighted by molar-refractivity contribution is 0.828. The SMILES string of the molecule is CC(C)=CCc1ccc2c(c1)CCCN2. The van der Waals surface area contributed by atoms with E-state index in [1.807, 2.05) is 0 Å². The maximum Gasteiger partial charge on any atom is 0.0372 e. The third kappa shape index (κ3) is 2.62. The summed E-state index contributed by atoms with van der Waals surface area (Å²) in [5.41, 5.74) is 5.65. The van der Waals surface area contributed by atoms with Crippen molar-refractivity contribution in [2.24, 2.45) is 0 Å². The molecule has 0 atom stereocenters. The average Bonchev–Trinajstić information content (AvgIpc) is 2.26. The van der Waals surface area contributed by atoms with Crippen molar-refractivity contribution in [3.63, 3.8) is 0 Å². The van der Waals surface area contributed by atoms with Gasteiger partial charge in [0.25, 0.3) is 0 Å². The molecule has 1 aliphatic heterocycles. The van der Waals surface area contributed by atoms with Gasteiger partial charge in [-0.1, -0.05) is 23.8 Å². The van der Waals surface area contributed by atoms with Crippen molar-refractivity contribution in [2.45, 2.75) is 33.1 Å². The molecule has 1 aromatic carbocycles. The van der Waals surface area contributed by atoms with Gasteiger partial charge in [-0.15, -0.1) is 0 Å². The molecule has 0 amide bonds. The van der Waals surface area contributed by atoms with Gasteiger partial charge in [-0.3, -0.25) is 0 Å². The van der Waals surface area contributed by atoms with E-state index >= 15 is 0 Å². The molecule has 0 saturated heterocycles. The lowest BCUT2D eigenvalue weighted by atomic mass is 9.99. The van der Waals surface area contributed by atoms with E-state index in [2.05, 4.69) is 43.4 Å². The molecule has 1 heteroatoms. The van der Waals surface area contributed by atoms with E-state index < -0.39 is 0 Å². The van der Waals surface area contributed by atoms with E-state index in [0.29, 0.717) is 0 Å². The molecule has 1 aliphatic rings. The van der Waals surface area contributed by atoms with Crippen LogP contribution in [0, 0.1) is 0 Å². The zero-order valence-electron chi connectivity index (χ0n) is 9.64. The van der Waals surface area contributed by atoms with Crippen molar-refractivity contribution in [3.8, 4) is 0 Å². The van der Waals surface area contributed by atoms with Crippen LogP contribution in [0.1, 0.15) is 31.4 Å². The molecule has 0 spiro atoms. The highest BCUT2D eigenvalue weighted by atomic mass is 14.9. The standard InChI is InChI=1S/C14H19N/c1-11(2)5-6-12-7-8-14-13(10-12)4-3-9-15-14/h5,7-8,10,15H,3-4,6,9H2,1-2H3. The Kier molecular flexibility index (Phi) is 3.10. The molecule has 1 N–H and O–H groups in total. The fourth-order valence-electron chi connectivity index (χ4n) is 1.98. The molecular weight excluding hydrogens is 182 g/mol. The Balaban J connectivity index is 2.17. The topological polar surface area (TPSA) is 12.0 Å². The highest BCUT2D eigenvalue weighted by Gasteiger charge is 2.07. The van der Waals surface area contributed by atoms with Crippen LogP contribution in [0.25, 0.3) is 0 Å². The van der Waals surface area contributed by atoms with E-state index in [1.165, 1.54) is 35.2 Å². The molecule has 0 aromatic heterocycles. The molecule has 2 rings (SSSR count). The zero-order valence-corrected chi connectivity index (χ0v) is 9.64. The van der Waals surface area contributed by atoms with E-state index in [0.717, 1.165) is 13.0 Å². The molecule has 1 aromatic rings. The number of allylic oxidation sites excluding steroid dienone is 2. The van der Waals surface area contributed by atoms with Gasteiger partial charge in [0.15, 0.2) is 0 Å². The van der Waals surface area contributed by atoms with Crippen LogP contribution in [0.2, 0.25) is 0 Å². The summed E-state index contributed by atoms with van der Waals surface area (Å²) in [7, 11) is 0. The number of hydrogen-bond donors (Lipinski definition) is 1. The Morgan fingerprint density at radius 1 is 1.40 bits per heavy atom. The van der Waals surface area contributed by atoms with E-state index in [-0.39, 0.29) is 0 Å². The first kappa shape index (κ1) is 10.3. The average molecular weight is 201 g/mol. The minimum absolute atomic E-state index is 1.07. The number of hydrogen-bond acceptors (Lipinski definition) is 1. The zero-order chi connectivity index (χ0) is 10.7. The number of fused-ring (bicyclic) bond motifs is 1. The Hall–Kier alpha value is -1.24. The number of anilines is 1. The second kappa shape index (κ2) is 4.52. The first-order valence-corrected chi connectivity index (χ1v) is 5.75. The minimum atomic E-state index is 1.07. The van der Waals surface area contributed by atoms with Crippen molar-refractivity contribution in [3.05, 3.63) is 41.0 Å². The molecule has 80 valence electrons. The highest BCUT2D eigenvalue weighted by molar-refractivity contribution is 5.54. The Morgan fingerprint density at radius 3 is 3.07 bits per heavy atom. The Labute approximate surface area is 92.2 Å². The molecule has 0 saturated carbocycles. The van der Waals surface area contributed by atoms with E-state index in [4.69, 9.17) is 0 Å². The number of rotatable bonds is 2. The number of nitrogens with one attached hydrogen (secondary N) is 1. The van der Waals surface area contributed by atoms with Crippen LogP contribution in [-0.4, -0.2) is 6.54 Å². The van der Waals surface area contributed by atoms with Gasteiger partial charge in [0.2, 0.25) is 0 Å². The quantitative estimate of drug-likeness (QED) is 0.721. The fourth-order valence-corrected chi connectivity index (χ4v) is 1.98. The second-order valence-electron chi connectivity index (χ2n) is 4.51. The van der Waals surface area contributed by atoms with Gasteiger partial charge in [-0.25, -0.2) is 0 Å². The molecule has 1 heterocycles. The Bertz CT molecular complexity index is 373. The van der Waals surface area contributed by atoms with Gasteiger partial charge < -0.3 is 5.32 Å². The minimum Gasteiger partial charge on any atom is -0.385 e. The third-order valence-corrected chi connectivity index (χ3v) is 2.85. The van der Waals surface area contributed by atoms with E-state index in [9.17, 15) is 0 Å². The van der Waals surface area contributed by atoms with Gasteiger partial charge in [-0.2, -0.15) is 0 Å². The summed E-state index contributed by atoms with van der Waals surface area (Å²) in [4.78, 5) is 0. The van der Waals surface area contributed by atoms with Crippen molar-refractivity contribution in [1.82, 2.24) is 0 Å². The number of aryl methyl sites for hydroxylation is 1. The summed E-state index contributed by atoms with van der Waals surface area (Å²) < 4.78 is 0. The summed E-state index contributed by atoms with van der Waals surface area (Å²) in [5, 5.41) is 3.44. The first-order chi connectivity index (χ1) is 7.25. The normalized spacial score (nSPS) is 14.0. The van der Waals surface area contributed by atoms with Crippen molar-refractivity contribution in [2.75, 3.05) is 11.9 Å². The maximum atomic E-state index is 3.44. The van der Waals surface area contributed by atoms with Crippen LogP contribution >= 0.6 is 0 Å². The van der Waals surface area contributed by atoms with Crippen molar-refractivity contribution >= 4 is 5.69 Å². The van der Waals surface area contributed by atoms with Gasteiger partial charge in [-0.05, 0) is 50.3 Å². The fraction of sp³-hybridized carbons (Fsp3) is 0.429. The summed E-state index contributed by atoms with van der Waals surface area (Å²) >= 11 is 0. The molecule has 1 nitrogen and oxygen atoms in total. The predicted octanol–water partition coefficient (Wildman–Crippen LogP) is 3.55. The second-order valence-corrected chi connectivity index (χ2v) is 4.51. The summed E-state index contributed by atoms with van der Waals surface area (Å²) in [5.74, 6) is 0. The molecule has 0 fully saturated rings. The van der Waals surface area contributed by atoms with Crippen molar-refractivity contribution < 1.29 is 0 Å². The highest BCUT2D eigenvalue weighted by Crippen LogP contribution is 2.23. The monoisotopic (exact) mass is 201 g/mol. The van der Waals surface area contributed by atoms with Crippen LogP contribution < -0.4 is 5.32 Å². The predicted molar refractivity (Wildman–Crippen MR) is 66.4 cm³/mol. The molecular formula is C14H19N. The van der Waals surface area contributed by atoms with E-state index in [1.54, 1.807) is 0 Å². The van der Waals surface area contributed by atoms with Gasteiger partial charge in [0.1, 0.15) is 0 Å². The van der Waals surface area contributed by atoms with Crippen LogP contribution in [0.4, 0.5) is 5.69 Å². The van der Waals surface area contributed by atoms with Crippen LogP contribution in [-0.2, 0) is 12.8 Å². The molecule has 0 aliphatic carbocycles. The summed E-state index contributed by atoms with van der Waals surface area (Å²) in [6.07, 6.45) is 5.84. The third-order valence-electron chi connectivity index (χ3n) is 2.85. The van der Waals surface area contributed by atoms with Gasteiger partial charge in [0.05, 0.1) is 0 Å². The summed E-state index contributed by atoms with van der Waals surface area (Å²) in [6, 6.07) is 6.81. The first-order valence-electron chi connectivity index (χ1n) is 5.75. The smallest absolute Gasteiger partial charge is 0.0372 e. The molecule has 0 radical (unpaired) electrons. The molecule has 0 bridgehead atoms. The lowest BCUT2D eigenvalue weighted by Gasteiger charge is -2.18. The van der Waals surface area contributed by atoms with Gasteiger partial charge >= 0.3 is 0 Å². The van der Waals surface area contributed by atoms with Crippen molar-refractivity contribution in [1.29, 1.82) is 0 Å². The Morgan fingerprint density at radius 2 is 2.27 bits per heavy atom. The van der Waals surface area contributed by atoms with Crippen LogP contribution in [0.5, 0.6) is 0 Å². The molecule has 15 heavy (non-hydrogen) atoms. The van der Waals surface area contributed by atoms with Crippen LogP contribution in [0.3, 0.4) is 0 Å². The lowest BCUT2D eigenvalue weighted by Crippen LogP contribution is -2.11. The largest absolute Gasteiger partial charge is 0.385 e. The van der Waals surface area contributed by atoms with Gasteiger partial charge in [0, 0.05) is 12.2 Å². The molecule has 0 unspecified atom stereocenters. The van der Waals surface area contributed by atoms with Crippen LogP contribution in [0.15, 0.2) is 29.8 Å². The maximum absolute atomic E-state index is 3.44.